The first-order valence-corrected chi connectivity index (χ1v) is 10.5. The van der Waals surface area contributed by atoms with E-state index >= 15 is 0 Å². The highest BCUT2D eigenvalue weighted by atomic mass is 16.5. The molecule has 0 saturated heterocycles. The molecule has 0 fully saturated rings. The van der Waals surface area contributed by atoms with Crippen molar-refractivity contribution in [3.8, 4) is 17.2 Å². The van der Waals surface area contributed by atoms with E-state index in [1.54, 1.807) is 54.6 Å². The molecule has 0 atom stereocenters. The number of para-hydroxylation sites is 1. The van der Waals surface area contributed by atoms with Gasteiger partial charge in [-0.3, -0.25) is 9.59 Å². The summed E-state index contributed by atoms with van der Waals surface area (Å²) in [5, 5.41) is 3.15. The van der Waals surface area contributed by atoms with E-state index < -0.39 is 11.8 Å². The zero-order chi connectivity index (χ0) is 23.4. The van der Waals surface area contributed by atoms with Crippen molar-refractivity contribution < 1.29 is 23.8 Å². The molecule has 0 bridgehead atoms. The summed E-state index contributed by atoms with van der Waals surface area (Å²) in [6.45, 7) is 2.41. The number of methoxy groups -OCH3 is 2. The van der Waals surface area contributed by atoms with Crippen LogP contribution >= 0.6 is 0 Å². The predicted molar refractivity (Wildman–Crippen MR) is 127 cm³/mol. The summed E-state index contributed by atoms with van der Waals surface area (Å²) < 4.78 is 16.3. The first-order chi connectivity index (χ1) is 16.1. The summed E-state index contributed by atoms with van der Waals surface area (Å²) in [5.74, 6) is 0.752. The molecule has 33 heavy (non-hydrogen) atoms. The van der Waals surface area contributed by atoms with E-state index in [-0.39, 0.29) is 11.3 Å². The number of ether oxygens (including phenoxy) is 3. The smallest absolute Gasteiger partial charge is 0.282 e. The van der Waals surface area contributed by atoms with Gasteiger partial charge in [0.1, 0.15) is 22.9 Å². The number of carbonyl (C=O) groups excluding carboxylic acids is 2. The summed E-state index contributed by atoms with van der Waals surface area (Å²) in [6.07, 6.45) is 0. The number of carbonyl (C=O) groups is 2. The number of nitrogens with zero attached hydrogens (tertiary/aromatic N) is 1. The number of hydrogen-bond donors (Lipinski definition) is 1. The average Bonchev–Trinajstić information content (AvgIpc) is 3.08. The fraction of sp³-hybridized carbons (Fsp3) is 0.154. The van der Waals surface area contributed by atoms with Crippen molar-refractivity contribution in [2.24, 2.45) is 0 Å². The molecule has 1 aliphatic heterocycles. The largest absolute Gasteiger partial charge is 0.497 e. The molecule has 1 heterocycles. The molecule has 2 amide bonds. The van der Waals surface area contributed by atoms with Gasteiger partial charge in [-0.1, -0.05) is 30.3 Å². The third kappa shape index (κ3) is 4.25. The van der Waals surface area contributed by atoms with Gasteiger partial charge in [-0.05, 0) is 37.3 Å². The van der Waals surface area contributed by atoms with Gasteiger partial charge in [0.25, 0.3) is 11.8 Å². The maximum atomic E-state index is 13.6. The van der Waals surface area contributed by atoms with E-state index in [1.807, 2.05) is 25.1 Å². The van der Waals surface area contributed by atoms with Crippen molar-refractivity contribution in [3.63, 3.8) is 0 Å². The van der Waals surface area contributed by atoms with Gasteiger partial charge in [-0.25, -0.2) is 4.90 Å². The molecule has 3 aromatic carbocycles. The standard InChI is InChI=1S/C26H24N2O5/c1-4-33-20-12-7-9-17(15-20)27-24-23(21-13-5-6-14-22(21)32-3)25(29)28(26(24)30)18-10-8-11-19(16-18)31-2/h5-16,27H,4H2,1-3H3. The fourth-order valence-corrected chi connectivity index (χ4v) is 3.71. The van der Waals surface area contributed by atoms with Crippen molar-refractivity contribution in [1.29, 1.82) is 0 Å². The van der Waals surface area contributed by atoms with Crippen LogP contribution in [0.4, 0.5) is 11.4 Å². The number of amides is 2. The molecule has 7 heteroatoms. The Morgan fingerprint density at radius 3 is 2.33 bits per heavy atom. The Morgan fingerprint density at radius 2 is 1.58 bits per heavy atom. The van der Waals surface area contributed by atoms with Gasteiger partial charge in [0.2, 0.25) is 0 Å². The molecule has 0 saturated carbocycles. The number of anilines is 2. The van der Waals surface area contributed by atoms with Crippen LogP contribution in [-0.4, -0.2) is 32.6 Å². The number of imide groups is 1. The summed E-state index contributed by atoms with van der Waals surface area (Å²) in [5.41, 5.74) is 1.93. The van der Waals surface area contributed by atoms with Crippen molar-refractivity contribution in [2.45, 2.75) is 6.92 Å². The number of benzene rings is 3. The van der Waals surface area contributed by atoms with E-state index in [0.29, 0.717) is 40.8 Å². The van der Waals surface area contributed by atoms with Crippen LogP contribution < -0.4 is 24.4 Å². The summed E-state index contributed by atoms with van der Waals surface area (Å²) in [6, 6.07) is 21.2. The molecule has 0 spiro atoms. The lowest BCUT2D eigenvalue weighted by molar-refractivity contribution is -0.120. The molecule has 0 aromatic heterocycles. The van der Waals surface area contributed by atoms with E-state index in [4.69, 9.17) is 14.2 Å². The Kier molecular flexibility index (Phi) is 6.31. The third-order valence-electron chi connectivity index (χ3n) is 5.19. The second-order valence-corrected chi connectivity index (χ2v) is 7.18. The van der Waals surface area contributed by atoms with Gasteiger partial charge in [-0.15, -0.1) is 0 Å². The van der Waals surface area contributed by atoms with Gasteiger partial charge in [0.05, 0.1) is 32.1 Å². The zero-order valence-corrected chi connectivity index (χ0v) is 18.6. The number of hydrogen-bond acceptors (Lipinski definition) is 6. The van der Waals surface area contributed by atoms with Gasteiger partial charge in [0, 0.05) is 23.4 Å². The summed E-state index contributed by atoms with van der Waals surface area (Å²) in [4.78, 5) is 28.4. The lowest BCUT2D eigenvalue weighted by atomic mass is 10.0. The molecular weight excluding hydrogens is 420 g/mol. The first-order valence-electron chi connectivity index (χ1n) is 10.5. The molecular formula is C26H24N2O5. The van der Waals surface area contributed by atoms with Gasteiger partial charge in [-0.2, -0.15) is 0 Å². The Labute approximate surface area is 192 Å². The van der Waals surface area contributed by atoms with Crippen LogP contribution in [0.3, 0.4) is 0 Å². The van der Waals surface area contributed by atoms with Gasteiger partial charge < -0.3 is 19.5 Å². The molecule has 0 radical (unpaired) electrons. The van der Waals surface area contributed by atoms with Crippen LogP contribution in [0.5, 0.6) is 17.2 Å². The Hall–Kier alpha value is -4.26. The molecule has 7 nitrogen and oxygen atoms in total. The Balaban J connectivity index is 1.83. The number of nitrogens with one attached hydrogen (secondary N) is 1. The lowest BCUT2D eigenvalue weighted by Crippen LogP contribution is -2.32. The van der Waals surface area contributed by atoms with Crippen molar-refractivity contribution in [1.82, 2.24) is 0 Å². The van der Waals surface area contributed by atoms with Crippen molar-refractivity contribution >= 4 is 28.8 Å². The maximum absolute atomic E-state index is 13.6. The maximum Gasteiger partial charge on any atom is 0.282 e. The minimum Gasteiger partial charge on any atom is -0.497 e. The van der Waals surface area contributed by atoms with Crippen LogP contribution in [-0.2, 0) is 9.59 Å². The molecule has 1 aliphatic rings. The minimum atomic E-state index is -0.476. The third-order valence-corrected chi connectivity index (χ3v) is 5.19. The van der Waals surface area contributed by atoms with Crippen LogP contribution in [0.25, 0.3) is 5.57 Å². The van der Waals surface area contributed by atoms with Crippen LogP contribution in [0.1, 0.15) is 12.5 Å². The van der Waals surface area contributed by atoms with Gasteiger partial charge >= 0.3 is 0 Å². The topological polar surface area (TPSA) is 77.1 Å². The normalized spacial score (nSPS) is 13.4. The summed E-state index contributed by atoms with van der Waals surface area (Å²) in [7, 11) is 3.06. The van der Waals surface area contributed by atoms with Crippen LogP contribution in [0, 0.1) is 0 Å². The predicted octanol–water partition coefficient (Wildman–Crippen LogP) is 4.50. The first kappa shape index (κ1) is 22.0. The number of rotatable bonds is 8. The highest BCUT2D eigenvalue weighted by Crippen LogP contribution is 2.38. The zero-order valence-electron chi connectivity index (χ0n) is 18.6. The van der Waals surface area contributed by atoms with E-state index in [1.165, 1.54) is 14.2 Å². The van der Waals surface area contributed by atoms with E-state index in [2.05, 4.69) is 5.32 Å². The average molecular weight is 444 g/mol. The van der Waals surface area contributed by atoms with E-state index in [0.717, 1.165) is 4.90 Å². The van der Waals surface area contributed by atoms with Crippen LogP contribution in [0.15, 0.2) is 78.5 Å². The Bertz CT molecular complexity index is 1230. The monoisotopic (exact) mass is 444 g/mol. The quantitative estimate of drug-likeness (QED) is 0.516. The highest BCUT2D eigenvalue weighted by molar-refractivity contribution is 6.46. The molecule has 1 N–H and O–H groups in total. The lowest BCUT2D eigenvalue weighted by Gasteiger charge is -2.16. The second-order valence-electron chi connectivity index (χ2n) is 7.18. The minimum absolute atomic E-state index is 0.154. The summed E-state index contributed by atoms with van der Waals surface area (Å²) >= 11 is 0. The van der Waals surface area contributed by atoms with E-state index in [9.17, 15) is 9.59 Å². The van der Waals surface area contributed by atoms with Crippen molar-refractivity contribution in [3.05, 3.63) is 84.1 Å². The molecule has 4 rings (SSSR count). The van der Waals surface area contributed by atoms with Gasteiger partial charge in [0.15, 0.2) is 0 Å². The second kappa shape index (κ2) is 9.48. The molecule has 3 aromatic rings. The Morgan fingerprint density at radius 1 is 0.818 bits per heavy atom. The molecule has 0 aliphatic carbocycles. The molecule has 168 valence electrons. The fourth-order valence-electron chi connectivity index (χ4n) is 3.71. The molecule has 0 unspecified atom stereocenters. The SMILES string of the molecule is CCOc1cccc(NC2=C(c3ccccc3OC)C(=O)N(c3cccc(OC)c3)C2=O)c1. The van der Waals surface area contributed by atoms with Crippen molar-refractivity contribution in [2.75, 3.05) is 31.0 Å². The van der Waals surface area contributed by atoms with Crippen LogP contribution in [0.2, 0.25) is 0 Å². The highest BCUT2D eigenvalue weighted by Gasteiger charge is 2.41.